The lowest BCUT2D eigenvalue weighted by Crippen LogP contribution is -2.44. The van der Waals surface area contributed by atoms with E-state index >= 15 is 0 Å². The van der Waals surface area contributed by atoms with Crippen molar-refractivity contribution in [2.75, 3.05) is 20.3 Å². The van der Waals surface area contributed by atoms with E-state index in [1.54, 1.807) is 7.11 Å². The van der Waals surface area contributed by atoms with Gasteiger partial charge in [0.1, 0.15) is 5.75 Å². The Bertz CT molecular complexity index is 433. The Morgan fingerprint density at radius 1 is 1.43 bits per heavy atom. The first-order chi connectivity index (χ1) is 10.2. The van der Waals surface area contributed by atoms with Crippen molar-refractivity contribution in [1.82, 2.24) is 5.32 Å². The van der Waals surface area contributed by atoms with Crippen LogP contribution in [0.3, 0.4) is 0 Å². The second kappa shape index (κ2) is 8.76. The van der Waals surface area contributed by atoms with Crippen molar-refractivity contribution in [3.8, 4) is 5.75 Å². The highest BCUT2D eigenvalue weighted by molar-refractivity contribution is 9.10. The molecule has 0 radical (unpaired) electrons. The van der Waals surface area contributed by atoms with Crippen molar-refractivity contribution in [1.29, 1.82) is 0 Å². The minimum Gasteiger partial charge on any atom is -0.496 e. The fourth-order valence-electron chi connectivity index (χ4n) is 2.84. The molecule has 2 atom stereocenters. The van der Waals surface area contributed by atoms with Crippen LogP contribution in [-0.4, -0.2) is 32.4 Å². The van der Waals surface area contributed by atoms with Gasteiger partial charge in [-0.15, -0.1) is 0 Å². The second-order valence-electron chi connectivity index (χ2n) is 5.64. The third kappa shape index (κ3) is 4.97. The number of benzene rings is 1. The number of nitrogens with one attached hydrogen (secondary N) is 1. The summed E-state index contributed by atoms with van der Waals surface area (Å²) in [6, 6.07) is 6.72. The Kier molecular flexibility index (Phi) is 7.00. The van der Waals surface area contributed by atoms with Crippen molar-refractivity contribution in [2.45, 2.75) is 51.2 Å². The van der Waals surface area contributed by atoms with E-state index in [9.17, 15) is 0 Å². The molecule has 0 amide bonds. The van der Waals surface area contributed by atoms with Crippen molar-refractivity contribution in [2.24, 2.45) is 0 Å². The molecule has 118 valence electrons. The van der Waals surface area contributed by atoms with Gasteiger partial charge < -0.3 is 14.8 Å². The highest BCUT2D eigenvalue weighted by Gasteiger charge is 2.24. The molecule has 1 N–H and O–H groups in total. The third-order valence-electron chi connectivity index (χ3n) is 3.99. The molecule has 3 nitrogen and oxygen atoms in total. The molecule has 1 aromatic rings. The van der Waals surface area contributed by atoms with E-state index in [0.29, 0.717) is 12.1 Å². The van der Waals surface area contributed by atoms with Gasteiger partial charge in [0.15, 0.2) is 0 Å². The van der Waals surface area contributed by atoms with Gasteiger partial charge in [0, 0.05) is 12.6 Å². The topological polar surface area (TPSA) is 30.5 Å². The monoisotopic (exact) mass is 355 g/mol. The fraction of sp³-hybridized carbons (Fsp3) is 0.647. The van der Waals surface area contributed by atoms with E-state index in [4.69, 9.17) is 9.47 Å². The molecule has 0 bridgehead atoms. The minimum atomic E-state index is 0.339. The maximum Gasteiger partial charge on any atom is 0.133 e. The summed E-state index contributed by atoms with van der Waals surface area (Å²) >= 11 is 3.57. The normalized spacial score (nSPS) is 20.2. The van der Waals surface area contributed by atoms with Crippen LogP contribution in [0.2, 0.25) is 0 Å². The molecule has 0 aliphatic carbocycles. The first-order valence-electron chi connectivity index (χ1n) is 7.92. The van der Waals surface area contributed by atoms with Gasteiger partial charge in [-0.05, 0) is 72.3 Å². The number of ether oxygens (including phenoxy) is 2. The predicted octanol–water partition coefficient (Wildman–Crippen LogP) is 3.94. The summed E-state index contributed by atoms with van der Waals surface area (Å²) in [5.74, 6) is 0.880. The van der Waals surface area contributed by atoms with Crippen LogP contribution < -0.4 is 10.1 Å². The van der Waals surface area contributed by atoms with Gasteiger partial charge in [0.2, 0.25) is 0 Å². The summed E-state index contributed by atoms with van der Waals surface area (Å²) in [5, 5.41) is 3.66. The van der Waals surface area contributed by atoms with Crippen LogP contribution in [-0.2, 0) is 11.2 Å². The minimum absolute atomic E-state index is 0.339. The molecule has 1 heterocycles. The highest BCUT2D eigenvalue weighted by Crippen LogP contribution is 2.27. The molecule has 1 aliphatic rings. The van der Waals surface area contributed by atoms with E-state index in [1.807, 2.05) is 6.07 Å². The fourth-order valence-corrected chi connectivity index (χ4v) is 3.43. The van der Waals surface area contributed by atoms with Gasteiger partial charge in [-0.2, -0.15) is 0 Å². The quantitative estimate of drug-likeness (QED) is 0.803. The molecular formula is C17H26BrNO2. The molecule has 0 saturated carbocycles. The molecule has 1 aliphatic heterocycles. The number of rotatable bonds is 7. The summed E-state index contributed by atoms with van der Waals surface area (Å²) in [4.78, 5) is 0. The molecule has 1 aromatic carbocycles. The molecule has 2 rings (SSSR count). The Morgan fingerprint density at radius 2 is 2.29 bits per heavy atom. The van der Waals surface area contributed by atoms with Gasteiger partial charge in [-0.25, -0.2) is 0 Å². The average molecular weight is 356 g/mol. The Hall–Kier alpha value is -0.580. The van der Waals surface area contributed by atoms with Crippen LogP contribution in [0.15, 0.2) is 22.7 Å². The average Bonchev–Trinajstić information content (AvgIpc) is 2.52. The van der Waals surface area contributed by atoms with Gasteiger partial charge in [-0.1, -0.05) is 13.0 Å². The highest BCUT2D eigenvalue weighted by atomic mass is 79.9. The standard InChI is InChI=1S/C17H26BrNO2/c1-3-9-19-15(17-6-4-5-10-21-17)12-13-7-8-16(20-2)14(18)11-13/h7-8,11,15,17,19H,3-6,9-10,12H2,1-2H3. The lowest BCUT2D eigenvalue weighted by molar-refractivity contribution is -0.00738. The first-order valence-corrected chi connectivity index (χ1v) is 8.71. The lowest BCUT2D eigenvalue weighted by atomic mass is 9.96. The molecule has 4 heteroatoms. The van der Waals surface area contributed by atoms with Gasteiger partial charge in [0.05, 0.1) is 17.7 Å². The van der Waals surface area contributed by atoms with E-state index in [2.05, 4.69) is 40.3 Å². The molecular weight excluding hydrogens is 330 g/mol. The Labute approximate surface area is 136 Å². The summed E-state index contributed by atoms with van der Waals surface area (Å²) < 4.78 is 12.3. The second-order valence-corrected chi connectivity index (χ2v) is 6.49. The maximum atomic E-state index is 5.99. The van der Waals surface area contributed by atoms with Crippen molar-refractivity contribution < 1.29 is 9.47 Å². The van der Waals surface area contributed by atoms with Crippen molar-refractivity contribution in [3.63, 3.8) is 0 Å². The summed E-state index contributed by atoms with van der Waals surface area (Å²) in [7, 11) is 1.70. The van der Waals surface area contributed by atoms with E-state index in [1.165, 1.54) is 24.8 Å². The van der Waals surface area contributed by atoms with Crippen LogP contribution in [0, 0.1) is 0 Å². The van der Waals surface area contributed by atoms with Crippen LogP contribution in [0.4, 0.5) is 0 Å². The van der Waals surface area contributed by atoms with Gasteiger partial charge in [0.25, 0.3) is 0 Å². The largest absolute Gasteiger partial charge is 0.496 e. The number of halogens is 1. The molecule has 1 saturated heterocycles. The van der Waals surface area contributed by atoms with Crippen LogP contribution in [0.1, 0.15) is 38.2 Å². The Morgan fingerprint density at radius 3 is 2.90 bits per heavy atom. The van der Waals surface area contributed by atoms with Crippen molar-refractivity contribution in [3.05, 3.63) is 28.2 Å². The van der Waals surface area contributed by atoms with Crippen LogP contribution in [0.25, 0.3) is 0 Å². The summed E-state index contributed by atoms with van der Waals surface area (Å²) in [5.41, 5.74) is 1.31. The first kappa shape index (κ1) is 16.8. The van der Waals surface area contributed by atoms with Gasteiger partial charge in [-0.3, -0.25) is 0 Å². The maximum absolute atomic E-state index is 5.99. The van der Waals surface area contributed by atoms with E-state index in [0.717, 1.165) is 36.2 Å². The molecule has 0 aromatic heterocycles. The molecule has 21 heavy (non-hydrogen) atoms. The summed E-state index contributed by atoms with van der Waals surface area (Å²) in [6.45, 7) is 4.15. The zero-order chi connectivity index (χ0) is 15.1. The number of hydrogen-bond acceptors (Lipinski definition) is 3. The van der Waals surface area contributed by atoms with Gasteiger partial charge >= 0.3 is 0 Å². The molecule has 2 unspecified atom stereocenters. The Balaban J connectivity index is 2.04. The van der Waals surface area contributed by atoms with Crippen LogP contribution in [0.5, 0.6) is 5.75 Å². The zero-order valence-electron chi connectivity index (χ0n) is 13.0. The zero-order valence-corrected chi connectivity index (χ0v) is 14.6. The summed E-state index contributed by atoms with van der Waals surface area (Å²) in [6.07, 6.45) is 6.12. The third-order valence-corrected chi connectivity index (χ3v) is 4.61. The smallest absolute Gasteiger partial charge is 0.133 e. The van der Waals surface area contributed by atoms with E-state index in [-0.39, 0.29) is 0 Å². The molecule has 0 spiro atoms. The number of methoxy groups -OCH3 is 1. The SMILES string of the molecule is CCCNC(Cc1ccc(OC)c(Br)c1)C1CCCCO1. The van der Waals surface area contributed by atoms with E-state index < -0.39 is 0 Å². The number of hydrogen-bond donors (Lipinski definition) is 1. The van der Waals surface area contributed by atoms with Crippen LogP contribution >= 0.6 is 15.9 Å². The predicted molar refractivity (Wildman–Crippen MR) is 90.1 cm³/mol. The molecule has 1 fully saturated rings. The lowest BCUT2D eigenvalue weighted by Gasteiger charge is -2.31. The van der Waals surface area contributed by atoms with Crippen molar-refractivity contribution >= 4 is 15.9 Å².